The summed E-state index contributed by atoms with van der Waals surface area (Å²) in [5, 5.41) is 17.1. The monoisotopic (exact) mass is 204 g/mol. The largest absolute Gasteiger partial charge is 0.508 e. The first-order chi connectivity index (χ1) is 7.29. The lowest BCUT2D eigenvalue weighted by Gasteiger charge is -1.98. The van der Waals surface area contributed by atoms with Gasteiger partial charge in [-0.1, -0.05) is 5.21 Å². The standard InChI is InChI=1S/C10H12N4O/c11-6-5-8-7-14(13-12-8)9-1-3-10(15)4-2-9/h1-4,7,15H,5-6,11H2. The fourth-order valence-electron chi connectivity index (χ4n) is 1.29. The van der Waals surface area contributed by atoms with Crippen molar-refractivity contribution in [2.24, 2.45) is 5.73 Å². The Morgan fingerprint density at radius 2 is 2.00 bits per heavy atom. The zero-order chi connectivity index (χ0) is 10.7. The van der Waals surface area contributed by atoms with E-state index < -0.39 is 0 Å². The Balaban J connectivity index is 2.25. The molecule has 0 saturated heterocycles. The number of benzene rings is 1. The molecule has 0 aliphatic heterocycles. The van der Waals surface area contributed by atoms with Gasteiger partial charge in [-0.05, 0) is 30.8 Å². The first kappa shape index (κ1) is 9.67. The van der Waals surface area contributed by atoms with E-state index in [9.17, 15) is 0 Å². The van der Waals surface area contributed by atoms with Crippen LogP contribution in [0.1, 0.15) is 5.69 Å². The van der Waals surface area contributed by atoms with Crippen LogP contribution in [-0.2, 0) is 6.42 Å². The maximum Gasteiger partial charge on any atom is 0.115 e. The van der Waals surface area contributed by atoms with Crippen LogP contribution >= 0.6 is 0 Å². The summed E-state index contributed by atoms with van der Waals surface area (Å²) in [6.45, 7) is 0.564. The highest BCUT2D eigenvalue weighted by Crippen LogP contribution is 2.12. The molecule has 1 heterocycles. The van der Waals surface area contributed by atoms with Crippen LogP contribution in [0.4, 0.5) is 0 Å². The van der Waals surface area contributed by atoms with Crippen LogP contribution in [0.15, 0.2) is 30.5 Å². The minimum Gasteiger partial charge on any atom is -0.508 e. The maximum absolute atomic E-state index is 9.13. The number of aromatic hydroxyl groups is 1. The smallest absolute Gasteiger partial charge is 0.115 e. The van der Waals surface area contributed by atoms with Crippen LogP contribution < -0.4 is 5.73 Å². The van der Waals surface area contributed by atoms with E-state index in [0.29, 0.717) is 6.54 Å². The van der Waals surface area contributed by atoms with Crippen LogP contribution in [0, 0.1) is 0 Å². The molecule has 0 fully saturated rings. The highest BCUT2D eigenvalue weighted by molar-refractivity contribution is 5.35. The van der Waals surface area contributed by atoms with E-state index in [1.807, 2.05) is 6.20 Å². The summed E-state index contributed by atoms with van der Waals surface area (Å²) in [6.07, 6.45) is 2.55. The van der Waals surface area contributed by atoms with Crippen molar-refractivity contribution in [1.82, 2.24) is 15.0 Å². The van der Waals surface area contributed by atoms with Gasteiger partial charge in [0.15, 0.2) is 0 Å². The minimum atomic E-state index is 0.237. The molecule has 3 N–H and O–H groups in total. The molecule has 0 aliphatic carbocycles. The molecule has 0 spiro atoms. The lowest BCUT2D eigenvalue weighted by molar-refractivity contribution is 0.475. The van der Waals surface area contributed by atoms with E-state index in [0.717, 1.165) is 17.8 Å². The summed E-state index contributed by atoms with van der Waals surface area (Å²) in [6, 6.07) is 6.77. The first-order valence-corrected chi connectivity index (χ1v) is 4.70. The summed E-state index contributed by atoms with van der Waals surface area (Å²) in [5.74, 6) is 0.237. The van der Waals surface area contributed by atoms with E-state index in [-0.39, 0.29) is 5.75 Å². The third kappa shape index (κ3) is 2.13. The van der Waals surface area contributed by atoms with Crippen molar-refractivity contribution >= 4 is 0 Å². The van der Waals surface area contributed by atoms with Crippen molar-refractivity contribution in [3.8, 4) is 11.4 Å². The van der Waals surface area contributed by atoms with Gasteiger partial charge in [-0.25, -0.2) is 4.68 Å². The Labute approximate surface area is 87.1 Å². The van der Waals surface area contributed by atoms with Gasteiger partial charge in [0.25, 0.3) is 0 Å². The normalized spacial score (nSPS) is 10.5. The Hall–Kier alpha value is -1.88. The number of rotatable bonds is 3. The molecule has 0 aliphatic rings. The average Bonchev–Trinajstić information content (AvgIpc) is 2.68. The van der Waals surface area contributed by atoms with Gasteiger partial charge < -0.3 is 10.8 Å². The number of phenolic OH excluding ortho intramolecular Hbond substituents is 1. The van der Waals surface area contributed by atoms with E-state index >= 15 is 0 Å². The summed E-state index contributed by atoms with van der Waals surface area (Å²) in [5.41, 5.74) is 7.15. The number of aromatic nitrogens is 3. The molecule has 1 aromatic carbocycles. The van der Waals surface area contributed by atoms with Crippen molar-refractivity contribution in [2.45, 2.75) is 6.42 Å². The number of hydrogen-bond acceptors (Lipinski definition) is 4. The fraction of sp³-hybridized carbons (Fsp3) is 0.200. The van der Waals surface area contributed by atoms with Crippen molar-refractivity contribution in [2.75, 3.05) is 6.54 Å². The van der Waals surface area contributed by atoms with Gasteiger partial charge in [0.1, 0.15) is 5.75 Å². The quantitative estimate of drug-likeness (QED) is 0.762. The van der Waals surface area contributed by atoms with Crippen molar-refractivity contribution < 1.29 is 5.11 Å². The molecule has 5 nitrogen and oxygen atoms in total. The summed E-state index contributed by atoms with van der Waals surface area (Å²) in [4.78, 5) is 0. The van der Waals surface area contributed by atoms with Crippen molar-refractivity contribution in [1.29, 1.82) is 0 Å². The molecule has 2 aromatic rings. The lowest BCUT2D eigenvalue weighted by Crippen LogP contribution is -2.02. The molecule has 78 valence electrons. The summed E-state index contributed by atoms with van der Waals surface area (Å²) in [7, 11) is 0. The predicted octanol–water partition coefficient (Wildman–Crippen LogP) is 0.474. The second-order valence-electron chi connectivity index (χ2n) is 3.21. The minimum absolute atomic E-state index is 0.237. The SMILES string of the molecule is NCCc1cn(-c2ccc(O)cc2)nn1. The maximum atomic E-state index is 9.13. The lowest BCUT2D eigenvalue weighted by atomic mass is 10.3. The van der Waals surface area contributed by atoms with Gasteiger partial charge in [0.2, 0.25) is 0 Å². The van der Waals surface area contributed by atoms with Gasteiger partial charge in [-0.15, -0.1) is 5.10 Å². The Morgan fingerprint density at radius 1 is 1.27 bits per heavy atom. The molecule has 5 heteroatoms. The van der Waals surface area contributed by atoms with E-state index in [2.05, 4.69) is 10.3 Å². The highest BCUT2D eigenvalue weighted by atomic mass is 16.3. The molecule has 15 heavy (non-hydrogen) atoms. The number of phenols is 1. The fourth-order valence-corrected chi connectivity index (χ4v) is 1.29. The van der Waals surface area contributed by atoms with Gasteiger partial charge >= 0.3 is 0 Å². The van der Waals surface area contributed by atoms with Crippen LogP contribution in [0.25, 0.3) is 5.69 Å². The third-order valence-corrected chi connectivity index (χ3v) is 2.06. The highest BCUT2D eigenvalue weighted by Gasteiger charge is 2.01. The van der Waals surface area contributed by atoms with Crippen LogP contribution in [0.2, 0.25) is 0 Å². The van der Waals surface area contributed by atoms with Gasteiger partial charge in [0, 0.05) is 6.42 Å². The molecule has 0 radical (unpaired) electrons. The molecule has 0 saturated carbocycles. The predicted molar refractivity (Wildman–Crippen MR) is 55.8 cm³/mol. The van der Waals surface area contributed by atoms with Gasteiger partial charge in [-0.3, -0.25) is 0 Å². The molecule has 1 aromatic heterocycles. The molecule has 2 rings (SSSR count). The van der Waals surface area contributed by atoms with Gasteiger partial charge in [0.05, 0.1) is 17.6 Å². The van der Waals surface area contributed by atoms with Crippen molar-refractivity contribution in [3.63, 3.8) is 0 Å². The topological polar surface area (TPSA) is 77.0 Å². The first-order valence-electron chi connectivity index (χ1n) is 4.70. The molecule has 0 atom stereocenters. The third-order valence-electron chi connectivity index (χ3n) is 2.06. The Bertz CT molecular complexity index is 435. The van der Waals surface area contributed by atoms with E-state index in [1.54, 1.807) is 28.9 Å². The summed E-state index contributed by atoms with van der Waals surface area (Å²) < 4.78 is 1.66. The number of nitrogens with two attached hydrogens (primary N) is 1. The second-order valence-corrected chi connectivity index (χ2v) is 3.21. The van der Waals surface area contributed by atoms with Gasteiger partial charge in [-0.2, -0.15) is 0 Å². The Morgan fingerprint density at radius 3 is 2.67 bits per heavy atom. The Kier molecular flexibility index (Phi) is 2.64. The second kappa shape index (κ2) is 4.10. The summed E-state index contributed by atoms with van der Waals surface area (Å²) >= 11 is 0. The van der Waals surface area contributed by atoms with Crippen LogP contribution in [-0.4, -0.2) is 26.6 Å². The zero-order valence-corrected chi connectivity index (χ0v) is 8.17. The van der Waals surface area contributed by atoms with E-state index in [4.69, 9.17) is 10.8 Å². The van der Waals surface area contributed by atoms with E-state index in [1.165, 1.54) is 0 Å². The number of nitrogens with zero attached hydrogens (tertiary/aromatic N) is 3. The van der Waals surface area contributed by atoms with Crippen LogP contribution in [0.5, 0.6) is 5.75 Å². The molecular weight excluding hydrogens is 192 g/mol. The van der Waals surface area contributed by atoms with Crippen molar-refractivity contribution in [3.05, 3.63) is 36.2 Å². The average molecular weight is 204 g/mol. The molecule has 0 bridgehead atoms. The zero-order valence-electron chi connectivity index (χ0n) is 8.17. The molecular formula is C10H12N4O. The molecule has 0 unspecified atom stereocenters. The molecule has 0 amide bonds. The number of hydrogen-bond donors (Lipinski definition) is 2. The van der Waals surface area contributed by atoms with Crippen LogP contribution in [0.3, 0.4) is 0 Å².